The van der Waals surface area contributed by atoms with E-state index in [1.165, 1.54) is 12.8 Å². The fourth-order valence-electron chi connectivity index (χ4n) is 4.41. The smallest absolute Gasteiger partial charge is 0.255 e. The quantitative estimate of drug-likeness (QED) is 0.648. The first-order valence-corrected chi connectivity index (χ1v) is 11.4. The summed E-state index contributed by atoms with van der Waals surface area (Å²) in [6.07, 6.45) is 9.72. The predicted octanol–water partition coefficient (Wildman–Crippen LogP) is 4.25. The number of anilines is 1. The van der Waals surface area contributed by atoms with E-state index in [4.69, 9.17) is 4.98 Å². The molecule has 4 heterocycles. The normalized spacial score (nSPS) is 17.5. The molecule has 3 aromatic heterocycles. The van der Waals surface area contributed by atoms with Crippen molar-refractivity contribution in [3.05, 3.63) is 48.2 Å². The molecule has 0 spiro atoms. The molecule has 1 saturated carbocycles. The van der Waals surface area contributed by atoms with Gasteiger partial charge in [0, 0.05) is 49.7 Å². The number of piperidine rings is 1. The summed E-state index contributed by atoms with van der Waals surface area (Å²) in [6.45, 7) is 6.82. The third kappa shape index (κ3) is 4.13. The second-order valence-corrected chi connectivity index (χ2v) is 9.14. The number of pyridine rings is 2. The zero-order valence-corrected chi connectivity index (χ0v) is 18.3. The van der Waals surface area contributed by atoms with Crippen LogP contribution in [0.2, 0.25) is 0 Å². The Morgan fingerprint density at radius 3 is 2.71 bits per heavy atom. The van der Waals surface area contributed by atoms with E-state index in [1.807, 2.05) is 23.4 Å². The van der Waals surface area contributed by atoms with Crippen LogP contribution < -0.4 is 5.32 Å². The van der Waals surface area contributed by atoms with Gasteiger partial charge in [0.25, 0.3) is 5.91 Å². The van der Waals surface area contributed by atoms with Crippen LogP contribution in [0.5, 0.6) is 0 Å². The third-order valence-corrected chi connectivity index (χ3v) is 6.50. The standard InChI is InChI=1S/C24H30N6O/c1-16(2)30-15-27-22-21(30)12-20(28-23(22)26-13-17-5-6-17)18-7-10-29(11-8-18)24(31)19-4-3-9-25-14-19/h3-4,9,12,14-18H,5-8,10-11,13H2,1-2H3,(H,26,28). The van der Waals surface area contributed by atoms with E-state index in [1.54, 1.807) is 12.4 Å². The molecule has 7 nitrogen and oxygen atoms in total. The molecule has 0 unspecified atom stereocenters. The van der Waals surface area contributed by atoms with Crippen LogP contribution in [0.25, 0.3) is 11.0 Å². The number of aromatic nitrogens is 4. The van der Waals surface area contributed by atoms with Gasteiger partial charge in [0.1, 0.15) is 5.52 Å². The molecule has 0 atom stereocenters. The minimum atomic E-state index is 0.0691. The van der Waals surface area contributed by atoms with Gasteiger partial charge in [-0.1, -0.05) is 0 Å². The number of likely N-dealkylation sites (tertiary alicyclic amines) is 1. The number of fused-ring (bicyclic) bond motifs is 1. The number of nitrogens with zero attached hydrogens (tertiary/aromatic N) is 5. The maximum absolute atomic E-state index is 12.8. The second kappa shape index (κ2) is 8.29. The highest BCUT2D eigenvalue weighted by Gasteiger charge is 2.27. The molecule has 5 rings (SSSR count). The van der Waals surface area contributed by atoms with Crippen LogP contribution in [0.3, 0.4) is 0 Å². The van der Waals surface area contributed by atoms with Crippen LogP contribution in [0.4, 0.5) is 5.82 Å². The molecule has 7 heteroatoms. The molecule has 1 aliphatic carbocycles. The first-order valence-electron chi connectivity index (χ1n) is 11.4. The molecular weight excluding hydrogens is 388 g/mol. The SMILES string of the molecule is CC(C)n1cnc2c(NCC3CC3)nc(C3CCN(C(=O)c4cccnc4)CC3)cc21. The predicted molar refractivity (Wildman–Crippen MR) is 121 cm³/mol. The highest BCUT2D eigenvalue weighted by atomic mass is 16.2. The summed E-state index contributed by atoms with van der Waals surface area (Å²) in [5.41, 5.74) is 3.88. The van der Waals surface area contributed by atoms with Crippen molar-refractivity contribution in [3.8, 4) is 0 Å². The van der Waals surface area contributed by atoms with Crippen molar-refractivity contribution in [2.75, 3.05) is 25.0 Å². The third-order valence-electron chi connectivity index (χ3n) is 6.50. The summed E-state index contributed by atoms with van der Waals surface area (Å²) in [4.78, 5) is 28.5. The van der Waals surface area contributed by atoms with Gasteiger partial charge in [-0.3, -0.25) is 9.78 Å². The Labute approximate surface area is 182 Å². The molecule has 2 fully saturated rings. The van der Waals surface area contributed by atoms with Gasteiger partial charge in [0.15, 0.2) is 5.82 Å². The Bertz CT molecular complexity index is 1060. The van der Waals surface area contributed by atoms with Crippen LogP contribution in [-0.2, 0) is 0 Å². The molecule has 0 radical (unpaired) electrons. The lowest BCUT2D eigenvalue weighted by Crippen LogP contribution is -2.38. The number of carbonyl (C=O) groups excluding carboxylic acids is 1. The first-order chi connectivity index (χ1) is 15.1. The number of amides is 1. The minimum Gasteiger partial charge on any atom is -0.368 e. The Balaban J connectivity index is 1.37. The largest absolute Gasteiger partial charge is 0.368 e. The van der Waals surface area contributed by atoms with Crippen LogP contribution in [0.15, 0.2) is 36.9 Å². The van der Waals surface area contributed by atoms with E-state index in [0.717, 1.165) is 60.9 Å². The lowest BCUT2D eigenvalue weighted by molar-refractivity contribution is 0.0711. The van der Waals surface area contributed by atoms with Crippen molar-refractivity contribution in [2.24, 2.45) is 5.92 Å². The van der Waals surface area contributed by atoms with Gasteiger partial charge in [-0.05, 0) is 63.6 Å². The topological polar surface area (TPSA) is 75.9 Å². The van der Waals surface area contributed by atoms with Gasteiger partial charge < -0.3 is 14.8 Å². The van der Waals surface area contributed by atoms with Gasteiger partial charge in [-0.15, -0.1) is 0 Å². The van der Waals surface area contributed by atoms with Gasteiger partial charge >= 0.3 is 0 Å². The maximum atomic E-state index is 12.8. The fraction of sp³-hybridized carbons (Fsp3) is 0.500. The zero-order valence-electron chi connectivity index (χ0n) is 18.3. The molecule has 31 heavy (non-hydrogen) atoms. The summed E-state index contributed by atoms with van der Waals surface area (Å²) >= 11 is 0. The second-order valence-electron chi connectivity index (χ2n) is 9.14. The summed E-state index contributed by atoms with van der Waals surface area (Å²) < 4.78 is 2.23. The van der Waals surface area contributed by atoms with E-state index in [-0.39, 0.29) is 5.91 Å². The molecule has 1 amide bonds. The highest BCUT2D eigenvalue weighted by Crippen LogP contribution is 2.34. The molecule has 1 N–H and O–H groups in total. The molecule has 162 valence electrons. The summed E-state index contributed by atoms with van der Waals surface area (Å²) in [5.74, 6) is 2.10. The van der Waals surface area contributed by atoms with Crippen molar-refractivity contribution in [1.29, 1.82) is 0 Å². The number of nitrogens with one attached hydrogen (secondary N) is 1. The van der Waals surface area contributed by atoms with Gasteiger partial charge in [0.2, 0.25) is 0 Å². The van der Waals surface area contributed by atoms with Crippen LogP contribution in [0.1, 0.15) is 67.5 Å². The number of hydrogen-bond donors (Lipinski definition) is 1. The van der Waals surface area contributed by atoms with Crippen molar-refractivity contribution in [1.82, 2.24) is 24.4 Å². The molecule has 1 saturated heterocycles. The van der Waals surface area contributed by atoms with Crippen molar-refractivity contribution >= 4 is 22.8 Å². The van der Waals surface area contributed by atoms with Gasteiger partial charge in [-0.2, -0.15) is 0 Å². The van der Waals surface area contributed by atoms with E-state index < -0.39 is 0 Å². The van der Waals surface area contributed by atoms with E-state index >= 15 is 0 Å². The molecule has 0 aromatic carbocycles. The zero-order chi connectivity index (χ0) is 21.4. The number of carbonyl (C=O) groups is 1. The van der Waals surface area contributed by atoms with Crippen molar-refractivity contribution in [2.45, 2.75) is 51.5 Å². The van der Waals surface area contributed by atoms with Crippen LogP contribution >= 0.6 is 0 Å². The minimum absolute atomic E-state index is 0.0691. The maximum Gasteiger partial charge on any atom is 0.255 e. The molecule has 3 aromatic rings. The highest BCUT2D eigenvalue weighted by molar-refractivity contribution is 5.94. The average molecular weight is 419 g/mol. The molecular formula is C24H30N6O. The Kier molecular flexibility index (Phi) is 5.34. The lowest BCUT2D eigenvalue weighted by atomic mass is 9.92. The van der Waals surface area contributed by atoms with Crippen molar-refractivity contribution in [3.63, 3.8) is 0 Å². The number of rotatable bonds is 6. The molecule has 0 bridgehead atoms. The number of imidazole rings is 1. The van der Waals surface area contributed by atoms with Crippen LogP contribution in [-0.4, -0.2) is 50.0 Å². The summed E-state index contributed by atoms with van der Waals surface area (Å²) in [7, 11) is 0. The molecule has 1 aliphatic heterocycles. The Hall–Kier alpha value is -2.96. The molecule has 2 aliphatic rings. The fourth-order valence-corrected chi connectivity index (χ4v) is 4.41. The lowest BCUT2D eigenvalue weighted by Gasteiger charge is -2.32. The van der Waals surface area contributed by atoms with E-state index in [9.17, 15) is 4.79 Å². The summed E-state index contributed by atoms with van der Waals surface area (Å²) in [5, 5.41) is 3.57. The van der Waals surface area contributed by atoms with Crippen LogP contribution in [0, 0.1) is 5.92 Å². The number of hydrogen-bond acceptors (Lipinski definition) is 5. The van der Waals surface area contributed by atoms with Gasteiger partial charge in [0.05, 0.1) is 17.4 Å². The Morgan fingerprint density at radius 1 is 1.23 bits per heavy atom. The van der Waals surface area contributed by atoms with E-state index in [2.05, 4.69) is 39.8 Å². The summed E-state index contributed by atoms with van der Waals surface area (Å²) in [6, 6.07) is 6.21. The van der Waals surface area contributed by atoms with E-state index in [0.29, 0.717) is 17.5 Å². The Morgan fingerprint density at radius 2 is 2.03 bits per heavy atom. The average Bonchev–Trinajstić information content (AvgIpc) is 3.53. The van der Waals surface area contributed by atoms with Gasteiger partial charge in [-0.25, -0.2) is 9.97 Å². The first kappa shape index (κ1) is 20.0. The monoisotopic (exact) mass is 418 g/mol. The van der Waals surface area contributed by atoms with Crippen molar-refractivity contribution < 1.29 is 4.79 Å².